The third-order valence-electron chi connectivity index (χ3n) is 5.58. The maximum Gasteiger partial charge on any atom is 0.244 e. The van der Waals surface area contributed by atoms with Gasteiger partial charge in [-0.25, -0.2) is 8.42 Å². The highest BCUT2D eigenvalue weighted by Crippen LogP contribution is 2.35. The van der Waals surface area contributed by atoms with E-state index in [-0.39, 0.29) is 11.9 Å². The van der Waals surface area contributed by atoms with Gasteiger partial charge in [-0.05, 0) is 69.0 Å². The highest BCUT2D eigenvalue weighted by Gasteiger charge is 2.31. The summed E-state index contributed by atoms with van der Waals surface area (Å²) in [5.41, 5.74) is 4.77. The van der Waals surface area contributed by atoms with Gasteiger partial charge in [0.2, 0.25) is 15.9 Å². The monoisotopic (exact) mass is 446 g/mol. The predicted octanol–water partition coefficient (Wildman–Crippen LogP) is 3.41. The lowest BCUT2D eigenvalue weighted by Gasteiger charge is -2.30. The Kier molecular flexibility index (Phi) is 6.50. The van der Waals surface area contributed by atoms with Crippen molar-refractivity contribution in [3.05, 3.63) is 52.6 Å². The Morgan fingerprint density at radius 2 is 1.58 bits per heavy atom. The van der Waals surface area contributed by atoms with E-state index in [0.717, 1.165) is 27.3 Å². The number of hydrogen-bond donors (Lipinski definition) is 1. The molecule has 1 N–H and O–H groups in total. The Bertz CT molecular complexity index is 1100. The summed E-state index contributed by atoms with van der Waals surface area (Å²) in [5, 5.41) is 2.97. The quantitative estimate of drug-likeness (QED) is 0.735. The first-order valence-corrected chi connectivity index (χ1v) is 12.1. The van der Waals surface area contributed by atoms with Crippen LogP contribution < -0.4 is 19.1 Å². The molecule has 0 fully saturated rings. The number of carbonyl (C=O) groups excluding carboxylic acids is 1. The topological polar surface area (TPSA) is 84.9 Å². The summed E-state index contributed by atoms with van der Waals surface area (Å²) in [6, 6.07) is 7.81. The maximum absolute atomic E-state index is 13.1. The summed E-state index contributed by atoms with van der Waals surface area (Å²) in [7, 11) is -3.73. The van der Waals surface area contributed by atoms with E-state index in [1.54, 1.807) is 25.1 Å². The number of amides is 1. The highest BCUT2D eigenvalue weighted by molar-refractivity contribution is 7.92. The number of anilines is 1. The van der Waals surface area contributed by atoms with Gasteiger partial charge in [0.15, 0.2) is 11.5 Å². The van der Waals surface area contributed by atoms with Crippen molar-refractivity contribution in [2.75, 3.05) is 23.8 Å². The lowest BCUT2D eigenvalue weighted by Crippen LogP contribution is -2.48. The molecular weight excluding hydrogens is 416 g/mol. The normalized spacial score (nSPS) is 15.2. The third kappa shape index (κ3) is 4.95. The van der Waals surface area contributed by atoms with E-state index < -0.39 is 16.1 Å². The first kappa shape index (κ1) is 22.9. The van der Waals surface area contributed by atoms with E-state index >= 15 is 0 Å². The van der Waals surface area contributed by atoms with Crippen molar-refractivity contribution in [1.29, 1.82) is 0 Å². The molecule has 0 radical (unpaired) electrons. The maximum atomic E-state index is 13.1. The fraction of sp³-hybridized carbons (Fsp3) is 0.435. The second-order valence-electron chi connectivity index (χ2n) is 8.09. The number of benzene rings is 2. The van der Waals surface area contributed by atoms with Crippen LogP contribution in [-0.2, 0) is 14.8 Å². The molecule has 8 heteroatoms. The van der Waals surface area contributed by atoms with Gasteiger partial charge in [-0.3, -0.25) is 9.10 Å². The zero-order valence-corrected chi connectivity index (χ0v) is 19.7. The first-order valence-electron chi connectivity index (χ1n) is 10.3. The molecule has 1 aliphatic rings. The summed E-state index contributed by atoms with van der Waals surface area (Å²) in [6.07, 6.45) is 1.09. The average Bonchev–Trinajstić information content (AvgIpc) is 2.69. The lowest BCUT2D eigenvalue weighted by molar-refractivity contribution is -0.122. The standard InChI is InChI=1S/C23H30N2O5S/c1-14-11-16(3)20(12-15(14)2)17(4)24-23(26)18(5)25(31(6,27)28)19-7-8-21-22(13-19)30-10-9-29-21/h7-8,11-13,17-18H,9-10H2,1-6H3,(H,24,26)/t17-,18-/m0/s1. The number of sulfonamides is 1. The molecule has 3 rings (SSSR count). The minimum absolute atomic E-state index is 0.268. The second kappa shape index (κ2) is 8.78. The molecule has 0 saturated carbocycles. The van der Waals surface area contributed by atoms with Crippen LogP contribution in [0.2, 0.25) is 0 Å². The Hall–Kier alpha value is -2.74. The molecule has 0 spiro atoms. The van der Waals surface area contributed by atoms with Gasteiger partial charge >= 0.3 is 0 Å². The van der Waals surface area contributed by atoms with Crippen LogP contribution in [0, 0.1) is 20.8 Å². The lowest BCUT2D eigenvalue weighted by atomic mass is 9.96. The molecule has 1 aliphatic heterocycles. The van der Waals surface area contributed by atoms with Crippen LogP contribution in [-0.4, -0.2) is 39.8 Å². The molecule has 0 unspecified atom stereocenters. The number of ether oxygens (including phenoxy) is 2. The molecule has 1 heterocycles. The molecule has 31 heavy (non-hydrogen) atoms. The van der Waals surface area contributed by atoms with Crippen LogP contribution in [0.5, 0.6) is 11.5 Å². The summed E-state index contributed by atoms with van der Waals surface area (Å²) < 4.78 is 37.4. The van der Waals surface area contributed by atoms with Crippen molar-refractivity contribution in [2.45, 2.75) is 46.7 Å². The van der Waals surface area contributed by atoms with Crippen molar-refractivity contribution in [1.82, 2.24) is 5.32 Å². The number of rotatable bonds is 6. The number of nitrogens with zero attached hydrogens (tertiary/aromatic N) is 1. The largest absolute Gasteiger partial charge is 0.486 e. The number of hydrogen-bond acceptors (Lipinski definition) is 5. The van der Waals surface area contributed by atoms with Crippen molar-refractivity contribution in [3.63, 3.8) is 0 Å². The van der Waals surface area contributed by atoms with E-state index in [4.69, 9.17) is 9.47 Å². The molecule has 2 aromatic rings. The molecule has 0 aliphatic carbocycles. The summed E-state index contributed by atoms with van der Waals surface area (Å²) in [4.78, 5) is 13.1. The zero-order chi connectivity index (χ0) is 22.9. The van der Waals surface area contributed by atoms with Gasteiger partial charge in [-0.2, -0.15) is 0 Å². The molecule has 2 atom stereocenters. The fourth-order valence-corrected chi connectivity index (χ4v) is 5.01. The van der Waals surface area contributed by atoms with E-state index in [2.05, 4.69) is 24.4 Å². The third-order valence-corrected chi connectivity index (χ3v) is 6.82. The van der Waals surface area contributed by atoms with Crippen LogP contribution in [0.4, 0.5) is 5.69 Å². The van der Waals surface area contributed by atoms with Crippen LogP contribution in [0.1, 0.15) is 42.1 Å². The first-order chi connectivity index (χ1) is 14.5. The minimum atomic E-state index is -3.73. The molecular formula is C23H30N2O5S. The van der Waals surface area contributed by atoms with Crippen molar-refractivity contribution in [3.8, 4) is 11.5 Å². The highest BCUT2D eigenvalue weighted by atomic mass is 32.2. The second-order valence-corrected chi connectivity index (χ2v) is 9.95. The average molecular weight is 447 g/mol. The van der Waals surface area contributed by atoms with Crippen molar-refractivity contribution in [2.24, 2.45) is 0 Å². The molecule has 168 valence electrons. The van der Waals surface area contributed by atoms with E-state index in [0.29, 0.717) is 30.4 Å². The van der Waals surface area contributed by atoms with Crippen LogP contribution >= 0.6 is 0 Å². The Balaban J connectivity index is 1.86. The van der Waals surface area contributed by atoms with Gasteiger partial charge in [-0.1, -0.05) is 12.1 Å². The smallest absolute Gasteiger partial charge is 0.244 e. The van der Waals surface area contributed by atoms with Crippen LogP contribution in [0.3, 0.4) is 0 Å². The Morgan fingerprint density at radius 3 is 2.23 bits per heavy atom. The van der Waals surface area contributed by atoms with E-state index in [1.165, 1.54) is 5.56 Å². The summed E-state index contributed by atoms with van der Waals surface area (Å²) in [6.45, 7) is 10.4. The van der Waals surface area contributed by atoms with Gasteiger partial charge in [-0.15, -0.1) is 0 Å². The van der Waals surface area contributed by atoms with Gasteiger partial charge in [0.1, 0.15) is 19.3 Å². The summed E-state index contributed by atoms with van der Waals surface area (Å²) >= 11 is 0. The Morgan fingerprint density at radius 1 is 0.968 bits per heavy atom. The van der Waals surface area contributed by atoms with Crippen molar-refractivity contribution >= 4 is 21.6 Å². The number of fused-ring (bicyclic) bond motifs is 1. The molecule has 1 amide bonds. The number of carbonyl (C=O) groups is 1. The molecule has 0 aromatic heterocycles. The van der Waals surface area contributed by atoms with E-state index in [1.807, 2.05) is 20.8 Å². The number of nitrogens with one attached hydrogen (secondary N) is 1. The van der Waals surface area contributed by atoms with Crippen LogP contribution in [0.25, 0.3) is 0 Å². The van der Waals surface area contributed by atoms with Gasteiger partial charge in [0.05, 0.1) is 18.0 Å². The van der Waals surface area contributed by atoms with E-state index in [9.17, 15) is 13.2 Å². The van der Waals surface area contributed by atoms with Crippen LogP contribution in [0.15, 0.2) is 30.3 Å². The SMILES string of the molecule is Cc1cc(C)c([C@H](C)NC(=O)[C@H](C)N(c2ccc3c(c2)OCCO3)S(C)(=O)=O)cc1C. The zero-order valence-electron chi connectivity index (χ0n) is 18.9. The predicted molar refractivity (Wildman–Crippen MR) is 121 cm³/mol. The van der Waals surface area contributed by atoms with Crippen molar-refractivity contribution < 1.29 is 22.7 Å². The molecule has 7 nitrogen and oxygen atoms in total. The minimum Gasteiger partial charge on any atom is -0.486 e. The number of aryl methyl sites for hydroxylation is 3. The van der Waals surface area contributed by atoms with Gasteiger partial charge in [0.25, 0.3) is 0 Å². The summed E-state index contributed by atoms with van der Waals surface area (Å²) in [5.74, 6) is 0.633. The molecule has 2 aromatic carbocycles. The van der Waals surface area contributed by atoms with Gasteiger partial charge < -0.3 is 14.8 Å². The van der Waals surface area contributed by atoms with Gasteiger partial charge in [0, 0.05) is 6.07 Å². The molecule has 0 saturated heterocycles. The Labute approximate surface area is 184 Å². The fourth-order valence-electron chi connectivity index (χ4n) is 3.84. The molecule has 0 bridgehead atoms.